The van der Waals surface area contributed by atoms with Crippen LogP contribution in [-0.2, 0) is 18.3 Å². The summed E-state index contributed by atoms with van der Waals surface area (Å²) in [6.07, 6.45) is 0.262. The van der Waals surface area contributed by atoms with Crippen LogP contribution in [0.5, 0.6) is 0 Å². The highest BCUT2D eigenvalue weighted by molar-refractivity contribution is 7.07. The van der Waals surface area contributed by atoms with Crippen molar-refractivity contribution in [3.05, 3.63) is 53.9 Å². The molecule has 0 bridgehead atoms. The summed E-state index contributed by atoms with van der Waals surface area (Å²) in [5, 5.41) is 0.573. The normalized spacial score (nSPS) is 16.8. The van der Waals surface area contributed by atoms with E-state index in [0.717, 1.165) is 11.1 Å². The molecule has 0 amide bonds. The predicted octanol–water partition coefficient (Wildman–Crippen LogP) is 0.835. The second kappa shape index (κ2) is 4.18. The lowest BCUT2D eigenvalue weighted by atomic mass is 10.1. The van der Waals surface area contributed by atoms with Crippen molar-refractivity contribution < 1.29 is 4.79 Å². The molecule has 0 radical (unpaired) electrons. The van der Waals surface area contributed by atoms with Gasteiger partial charge in [-0.1, -0.05) is 30.3 Å². The van der Waals surface area contributed by atoms with Crippen LogP contribution in [0.1, 0.15) is 11.1 Å². The molecule has 1 heterocycles. The molecule has 3 rings (SSSR count). The topological polar surface area (TPSA) is 39.1 Å². The Hall–Kier alpha value is -1.65. The fourth-order valence-electron chi connectivity index (χ4n) is 2.27. The zero-order valence-electron chi connectivity index (χ0n) is 10.2. The molecule has 0 atom stereocenters. The monoisotopic (exact) mass is 291 g/mol. The summed E-state index contributed by atoms with van der Waals surface area (Å²) in [6, 6.07) is 5.39. The maximum absolute atomic E-state index is 12.2. The van der Waals surface area contributed by atoms with Crippen LogP contribution in [-0.4, -0.2) is 10.4 Å². The lowest BCUT2D eigenvalue weighted by Crippen LogP contribution is -2.30. The van der Waals surface area contributed by atoms with E-state index in [1.54, 1.807) is 19.2 Å². The highest BCUT2D eigenvalue weighted by atomic mass is 35.5. The molecule has 3 nitrogen and oxygen atoms in total. The van der Waals surface area contributed by atoms with Crippen LogP contribution in [0.4, 0.5) is 0 Å². The van der Waals surface area contributed by atoms with E-state index in [2.05, 4.69) is 6.58 Å². The molecule has 2 aromatic rings. The van der Waals surface area contributed by atoms with E-state index in [-0.39, 0.29) is 17.8 Å². The number of carbonyl (C=O) groups is 1. The molecule has 1 aliphatic carbocycles. The summed E-state index contributed by atoms with van der Waals surface area (Å²) in [4.78, 5) is 24.3. The Kier molecular flexibility index (Phi) is 2.73. The molecule has 1 aromatic heterocycles. The first-order chi connectivity index (χ1) is 9.00. The van der Waals surface area contributed by atoms with Crippen molar-refractivity contribution in [3.63, 3.8) is 0 Å². The van der Waals surface area contributed by atoms with Crippen molar-refractivity contribution in [2.45, 2.75) is 6.42 Å². The number of carbonyl (C=O) groups excluding carboxylic acids is 1. The number of hydrogen-bond acceptors (Lipinski definition) is 3. The van der Waals surface area contributed by atoms with Crippen molar-refractivity contribution in [2.75, 3.05) is 0 Å². The van der Waals surface area contributed by atoms with Gasteiger partial charge in [0, 0.05) is 24.1 Å². The molecular formula is C14H10ClNO2S. The number of halogens is 1. The third kappa shape index (κ3) is 1.71. The molecule has 0 saturated heterocycles. The largest absolute Gasteiger partial charge is 0.303 e. The van der Waals surface area contributed by atoms with E-state index < -0.39 is 0 Å². The van der Waals surface area contributed by atoms with Crippen molar-refractivity contribution in [2.24, 2.45) is 7.05 Å². The van der Waals surface area contributed by atoms with Crippen LogP contribution in [0.2, 0.25) is 5.02 Å². The highest BCUT2D eigenvalue weighted by Gasteiger charge is 2.28. The minimum Gasteiger partial charge on any atom is -0.303 e. The Balaban J connectivity index is 2.50. The second-order valence-corrected chi connectivity index (χ2v) is 5.92. The number of benzene rings is 1. The Morgan fingerprint density at radius 2 is 2.11 bits per heavy atom. The summed E-state index contributed by atoms with van der Waals surface area (Å²) in [5.41, 5.74) is 1.89. The van der Waals surface area contributed by atoms with Crippen LogP contribution in [0.3, 0.4) is 0 Å². The van der Waals surface area contributed by atoms with Gasteiger partial charge in [-0.3, -0.25) is 9.59 Å². The SMILES string of the molecule is C=c1s/c(=C2\C(=O)Cc3c(Cl)cccc32)c(=O)n1C. The molecule has 19 heavy (non-hydrogen) atoms. The molecule has 0 N–H and O–H groups in total. The number of hydrogen-bond donors (Lipinski definition) is 0. The fourth-order valence-corrected chi connectivity index (χ4v) is 3.52. The van der Waals surface area contributed by atoms with Crippen molar-refractivity contribution in [3.8, 4) is 0 Å². The third-order valence-electron chi connectivity index (χ3n) is 3.32. The second-order valence-electron chi connectivity index (χ2n) is 4.43. The summed E-state index contributed by atoms with van der Waals surface area (Å²) < 4.78 is 2.55. The van der Waals surface area contributed by atoms with Crippen LogP contribution in [0.15, 0.2) is 23.0 Å². The molecule has 5 heteroatoms. The van der Waals surface area contributed by atoms with E-state index in [1.165, 1.54) is 15.9 Å². The maximum Gasteiger partial charge on any atom is 0.269 e. The zero-order chi connectivity index (χ0) is 13.7. The summed E-state index contributed by atoms with van der Waals surface area (Å²) in [6.45, 7) is 3.80. The number of ketones is 1. The Bertz CT molecular complexity index is 876. The number of Topliss-reactive ketones (excluding diaryl/α,β-unsaturated/α-hetero) is 1. The Morgan fingerprint density at radius 1 is 1.37 bits per heavy atom. The Labute approximate surface area is 118 Å². The smallest absolute Gasteiger partial charge is 0.269 e. The molecule has 0 unspecified atom stereocenters. The maximum atomic E-state index is 12.2. The van der Waals surface area contributed by atoms with Gasteiger partial charge in [0.1, 0.15) is 4.53 Å². The van der Waals surface area contributed by atoms with E-state index >= 15 is 0 Å². The van der Waals surface area contributed by atoms with Crippen LogP contribution in [0, 0.1) is 0 Å². The molecule has 0 spiro atoms. The van der Waals surface area contributed by atoms with Crippen LogP contribution < -0.4 is 14.8 Å². The molecular weight excluding hydrogens is 282 g/mol. The summed E-state index contributed by atoms with van der Waals surface area (Å²) in [7, 11) is 1.66. The fraction of sp³-hybridized carbons (Fsp3) is 0.143. The molecule has 1 aromatic carbocycles. The minimum atomic E-state index is -0.175. The van der Waals surface area contributed by atoms with Gasteiger partial charge in [-0.05, 0) is 17.2 Å². The quantitative estimate of drug-likeness (QED) is 0.721. The van der Waals surface area contributed by atoms with Crippen molar-refractivity contribution in [1.29, 1.82) is 0 Å². The minimum absolute atomic E-state index is 0.0537. The highest BCUT2D eigenvalue weighted by Crippen LogP contribution is 2.32. The van der Waals surface area contributed by atoms with Crippen LogP contribution >= 0.6 is 22.9 Å². The van der Waals surface area contributed by atoms with Crippen molar-refractivity contribution in [1.82, 2.24) is 4.57 Å². The first-order valence-corrected chi connectivity index (χ1v) is 6.90. The molecule has 0 saturated carbocycles. The molecule has 96 valence electrons. The number of fused-ring (bicyclic) bond motifs is 1. The van der Waals surface area contributed by atoms with Gasteiger partial charge in [0.25, 0.3) is 5.56 Å². The van der Waals surface area contributed by atoms with Gasteiger partial charge in [0.15, 0.2) is 5.78 Å². The van der Waals surface area contributed by atoms with Gasteiger partial charge >= 0.3 is 0 Å². The average molecular weight is 292 g/mol. The number of rotatable bonds is 0. The van der Waals surface area contributed by atoms with Crippen molar-refractivity contribution >= 4 is 40.9 Å². The lowest BCUT2D eigenvalue weighted by molar-refractivity contribution is -0.112. The third-order valence-corrected chi connectivity index (χ3v) is 4.77. The number of aromatic nitrogens is 1. The predicted molar refractivity (Wildman–Crippen MR) is 77.0 cm³/mol. The average Bonchev–Trinajstić information content (AvgIpc) is 2.83. The lowest BCUT2D eigenvalue weighted by Gasteiger charge is -1.99. The van der Waals surface area contributed by atoms with Gasteiger partial charge in [-0.2, -0.15) is 0 Å². The van der Waals surface area contributed by atoms with E-state index in [1.807, 2.05) is 6.07 Å². The van der Waals surface area contributed by atoms with Gasteiger partial charge in [0.2, 0.25) is 0 Å². The number of thiazole rings is 1. The van der Waals surface area contributed by atoms with E-state index in [0.29, 0.717) is 19.8 Å². The Morgan fingerprint density at radius 3 is 2.74 bits per heavy atom. The standard InChI is InChI=1S/C14H10ClNO2S/c1-7-16(2)14(18)13(19-7)12-8-4-3-5-10(15)9(8)6-11(12)17/h3-5H,1,6H2,2H3/b13-12-. The van der Waals surface area contributed by atoms with Gasteiger partial charge in [-0.15, -0.1) is 11.3 Å². The van der Waals surface area contributed by atoms with E-state index in [4.69, 9.17) is 11.6 Å². The van der Waals surface area contributed by atoms with Gasteiger partial charge < -0.3 is 4.57 Å². The van der Waals surface area contributed by atoms with E-state index in [9.17, 15) is 9.59 Å². The molecule has 0 fully saturated rings. The zero-order valence-corrected chi connectivity index (χ0v) is 11.8. The van der Waals surface area contributed by atoms with Crippen LogP contribution in [0.25, 0.3) is 12.2 Å². The summed E-state index contributed by atoms with van der Waals surface area (Å²) >= 11 is 7.36. The van der Waals surface area contributed by atoms with Gasteiger partial charge in [0.05, 0.1) is 4.66 Å². The molecule has 1 aliphatic rings. The summed E-state index contributed by atoms with van der Waals surface area (Å²) in [5.74, 6) is -0.0537. The van der Waals surface area contributed by atoms with Gasteiger partial charge in [-0.25, -0.2) is 0 Å². The first-order valence-electron chi connectivity index (χ1n) is 5.70. The number of nitrogens with zero attached hydrogens (tertiary/aromatic N) is 1. The first kappa shape index (κ1) is 12.4. The molecule has 0 aliphatic heterocycles.